The smallest absolute Gasteiger partial charge is 0.224 e. The summed E-state index contributed by atoms with van der Waals surface area (Å²) in [6, 6.07) is 32.0. The van der Waals surface area contributed by atoms with Gasteiger partial charge >= 0.3 is 0 Å². The van der Waals surface area contributed by atoms with Gasteiger partial charge in [-0.15, -0.1) is 0 Å². The molecule has 0 aliphatic carbocycles. The van der Waals surface area contributed by atoms with Crippen LogP contribution in [0.2, 0.25) is 0 Å². The third kappa shape index (κ3) is 10.7. The van der Waals surface area contributed by atoms with E-state index in [-0.39, 0.29) is 30.6 Å². The van der Waals surface area contributed by atoms with Crippen LogP contribution >= 0.6 is 0 Å². The lowest BCUT2D eigenvalue weighted by molar-refractivity contribution is -0.253. The van der Waals surface area contributed by atoms with Crippen molar-refractivity contribution in [3.63, 3.8) is 0 Å². The number of para-hydroxylation sites is 2. The van der Waals surface area contributed by atoms with Crippen LogP contribution in [0.5, 0.6) is 0 Å². The van der Waals surface area contributed by atoms with Crippen LogP contribution in [0.1, 0.15) is 79.6 Å². The van der Waals surface area contributed by atoms with Gasteiger partial charge in [0.1, 0.15) is 0 Å². The van der Waals surface area contributed by atoms with Gasteiger partial charge in [0.05, 0.1) is 36.8 Å². The lowest BCUT2D eigenvalue weighted by Crippen LogP contribution is -2.42. The maximum atomic E-state index is 12.6. The van der Waals surface area contributed by atoms with Crippen molar-refractivity contribution in [3.8, 4) is 11.1 Å². The summed E-state index contributed by atoms with van der Waals surface area (Å²) in [5.74, 6) is -0.161. The van der Waals surface area contributed by atoms with E-state index in [2.05, 4.69) is 45.9 Å². The van der Waals surface area contributed by atoms with Gasteiger partial charge in [0, 0.05) is 51.1 Å². The molecule has 2 saturated heterocycles. The van der Waals surface area contributed by atoms with E-state index in [1.165, 1.54) is 0 Å². The summed E-state index contributed by atoms with van der Waals surface area (Å²) < 4.78 is 18.9. The minimum atomic E-state index is -0.551. The second-order valence-corrected chi connectivity index (χ2v) is 14.0. The molecule has 0 radical (unpaired) electrons. The van der Waals surface area contributed by atoms with Crippen molar-refractivity contribution >= 4 is 23.2 Å². The number of nitrogens with one attached hydrogen (secondary N) is 2. The van der Waals surface area contributed by atoms with Crippen LogP contribution in [0.15, 0.2) is 97.1 Å². The van der Waals surface area contributed by atoms with E-state index in [0.717, 1.165) is 72.3 Å². The summed E-state index contributed by atoms with van der Waals surface area (Å²) in [6.45, 7) is 2.98. The largest absolute Gasteiger partial charge is 0.397 e. The Morgan fingerprint density at radius 1 is 0.868 bits per heavy atom. The van der Waals surface area contributed by atoms with Crippen LogP contribution in [0.3, 0.4) is 0 Å². The number of unbranched alkanes of at least 4 members (excludes halogenated alkanes) is 1. The monoisotopic (exact) mass is 720 g/mol. The lowest BCUT2D eigenvalue weighted by atomic mass is 9.98. The molecular weight excluding hydrogens is 668 g/mol. The van der Waals surface area contributed by atoms with Crippen LogP contribution in [0.25, 0.3) is 11.1 Å². The van der Waals surface area contributed by atoms with E-state index in [4.69, 9.17) is 19.9 Å². The van der Waals surface area contributed by atoms with Gasteiger partial charge in [0.15, 0.2) is 6.29 Å². The third-order valence-electron chi connectivity index (χ3n) is 10.1. The molecule has 0 aromatic heterocycles. The fraction of sp³-hybridized carbons (Fsp3) is 0.395. The maximum absolute atomic E-state index is 12.6. The molecule has 0 spiro atoms. The van der Waals surface area contributed by atoms with Crippen molar-refractivity contribution in [2.75, 3.05) is 37.9 Å². The van der Waals surface area contributed by atoms with Gasteiger partial charge in [-0.1, -0.05) is 72.8 Å². The molecule has 10 heteroatoms. The quantitative estimate of drug-likeness (QED) is 0.0726. The molecule has 2 aliphatic heterocycles. The zero-order valence-corrected chi connectivity index (χ0v) is 30.5. The zero-order chi connectivity index (χ0) is 37.0. The van der Waals surface area contributed by atoms with Crippen molar-refractivity contribution in [2.45, 2.75) is 82.6 Å². The number of anilines is 2. The molecule has 2 heterocycles. The number of benzene rings is 4. The molecule has 2 fully saturated rings. The first-order valence-corrected chi connectivity index (χ1v) is 18.7. The van der Waals surface area contributed by atoms with Crippen LogP contribution in [-0.4, -0.2) is 60.8 Å². The van der Waals surface area contributed by atoms with E-state index in [0.29, 0.717) is 49.6 Å². The zero-order valence-electron chi connectivity index (χ0n) is 30.5. The minimum Gasteiger partial charge on any atom is -0.397 e. The number of hydrogen-bond acceptors (Lipinski definition) is 8. The molecule has 0 unspecified atom stereocenters. The van der Waals surface area contributed by atoms with Crippen LogP contribution in [0, 0.1) is 0 Å². The van der Waals surface area contributed by atoms with Gasteiger partial charge < -0.3 is 35.7 Å². The number of carbonyl (C=O) groups excluding carboxylic acids is 2. The molecule has 0 saturated carbocycles. The molecule has 0 bridgehead atoms. The molecule has 4 aromatic rings. The molecule has 53 heavy (non-hydrogen) atoms. The first-order chi connectivity index (χ1) is 25.9. The summed E-state index contributed by atoms with van der Waals surface area (Å²) in [4.78, 5) is 27.4. The summed E-state index contributed by atoms with van der Waals surface area (Å²) in [7, 11) is 1.76. The first-order valence-electron chi connectivity index (χ1n) is 18.7. The Kier molecular flexibility index (Phi) is 13.6. The van der Waals surface area contributed by atoms with Gasteiger partial charge in [0.2, 0.25) is 11.8 Å². The van der Waals surface area contributed by atoms with Gasteiger partial charge in [-0.2, -0.15) is 0 Å². The van der Waals surface area contributed by atoms with Gasteiger partial charge in [-0.25, -0.2) is 0 Å². The Balaban J connectivity index is 1.06. The number of nitrogen functional groups attached to an aromatic ring is 1. The summed E-state index contributed by atoms with van der Waals surface area (Å²) in [5.41, 5.74) is 13.0. The first kappa shape index (κ1) is 38.2. The predicted octanol–water partition coefficient (Wildman–Crippen LogP) is 6.90. The van der Waals surface area contributed by atoms with Gasteiger partial charge in [0.25, 0.3) is 0 Å². The number of aliphatic hydroxyl groups excluding tert-OH is 1. The highest BCUT2D eigenvalue weighted by Crippen LogP contribution is 2.39. The van der Waals surface area contributed by atoms with Gasteiger partial charge in [-0.05, 0) is 84.3 Å². The molecule has 5 N–H and O–H groups in total. The maximum Gasteiger partial charge on any atom is 0.224 e. The van der Waals surface area contributed by atoms with Crippen molar-refractivity contribution in [3.05, 3.63) is 119 Å². The van der Waals surface area contributed by atoms with E-state index in [1.807, 2.05) is 54.6 Å². The number of carbonyl (C=O) groups is 2. The molecule has 2 aliphatic rings. The number of hydrogen-bond donors (Lipinski definition) is 4. The number of ether oxygens (including phenoxy) is 3. The highest BCUT2D eigenvalue weighted by atomic mass is 16.7. The van der Waals surface area contributed by atoms with Crippen molar-refractivity contribution in [1.82, 2.24) is 10.2 Å². The number of nitrogens with zero attached hydrogens (tertiary/aromatic N) is 1. The fourth-order valence-corrected chi connectivity index (χ4v) is 7.22. The number of aliphatic hydroxyl groups is 1. The molecule has 6 rings (SSSR count). The lowest BCUT2D eigenvalue weighted by Gasteiger charge is -2.39. The second-order valence-electron chi connectivity index (χ2n) is 14.0. The number of methoxy groups -OCH3 is 1. The Hall–Kier alpha value is -4.58. The van der Waals surface area contributed by atoms with E-state index < -0.39 is 6.29 Å². The summed E-state index contributed by atoms with van der Waals surface area (Å²) >= 11 is 0. The highest BCUT2D eigenvalue weighted by Gasteiger charge is 2.35. The SMILES string of the molecule is COC[C@@H]1CCCN1C[C@@H]1C[C@H](c2ccc(CO)cc2)O[C@H](c2cccc(-c3cccc(CNC(=O)CCCCC(=O)Nc4ccccc4N)c3)c2)O1. The Morgan fingerprint density at radius 2 is 1.62 bits per heavy atom. The van der Waals surface area contributed by atoms with Crippen molar-refractivity contribution < 1.29 is 28.9 Å². The van der Waals surface area contributed by atoms with Crippen molar-refractivity contribution in [2.24, 2.45) is 0 Å². The number of rotatable bonds is 16. The van der Waals surface area contributed by atoms with Crippen LogP contribution < -0.4 is 16.4 Å². The van der Waals surface area contributed by atoms with E-state index >= 15 is 0 Å². The Morgan fingerprint density at radius 3 is 2.40 bits per heavy atom. The molecule has 4 aromatic carbocycles. The second kappa shape index (κ2) is 19.0. The normalized spacial score (nSPS) is 20.3. The Bertz CT molecular complexity index is 1800. The molecule has 4 atom stereocenters. The average molecular weight is 721 g/mol. The minimum absolute atomic E-state index is 0.00433. The molecule has 10 nitrogen and oxygen atoms in total. The van der Waals surface area contributed by atoms with E-state index in [9.17, 15) is 14.7 Å². The van der Waals surface area contributed by atoms with Crippen LogP contribution in [0.4, 0.5) is 11.4 Å². The summed E-state index contributed by atoms with van der Waals surface area (Å²) in [6.07, 6.45) is 4.18. The number of nitrogens with two attached hydrogens (primary N) is 1. The third-order valence-corrected chi connectivity index (χ3v) is 10.1. The standard InChI is InChI=1S/C43H52N4O6/c1-51-29-36-13-8-22-47(36)27-37-25-40(32-20-18-30(28-48)19-21-32)53-43(52-37)35-12-7-11-34(24-35)33-10-6-9-31(23-33)26-45-41(49)16-4-5-17-42(50)46-39-15-3-2-14-38(39)44/h2-3,6-7,9-12,14-15,18-21,23-24,36-37,40,43,48H,4-5,8,13,16-17,22,25-29,44H2,1H3,(H,45,49)(H,46,50)/t36-,37-,40+,43+/m0/s1. The van der Waals surface area contributed by atoms with Crippen molar-refractivity contribution in [1.29, 1.82) is 0 Å². The topological polar surface area (TPSA) is 135 Å². The average Bonchev–Trinajstić information content (AvgIpc) is 3.62. The highest BCUT2D eigenvalue weighted by molar-refractivity contribution is 5.93. The number of likely N-dealkylation sites (tertiary alicyclic amines) is 1. The van der Waals surface area contributed by atoms with Gasteiger partial charge in [-0.3, -0.25) is 14.5 Å². The molecule has 2 amide bonds. The molecule has 280 valence electrons. The number of amides is 2. The van der Waals surface area contributed by atoms with E-state index in [1.54, 1.807) is 19.2 Å². The fourth-order valence-electron chi connectivity index (χ4n) is 7.22. The summed E-state index contributed by atoms with van der Waals surface area (Å²) in [5, 5.41) is 15.4. The van der Waals surface area contributed by atoms with Crippen LogP contribution in [-0.2, 0) is 37.0 Å². The predicted molar refractivity (Wildman–Crippen MR) is 207 cm³/mol. The Labute approximate surface area is 312 Å². The molecular formula is C43H52N4O6.